The van der Waals surface area contributed by atoms with E-state index in [9.17, 15) is 18.8 Å². The van der Waals surface area contributed by atoms with E-state index in [1.807, 2.05) is 25.1 Å². The fourth-order valence-corrected chi connectivity index (χ4v) is 5.36. The molecule has 0 saturated heterocycles. The summed E-state index contributed by atoms with van der Waals surface area (Å²) in [4.78, 5) is 0. The lowest BCUT2D eigenvalue weighted by atomic mass is 9.76. The second-order valence-electron chi connectivity index (χ2n) is 7.74. The van der Waals surface area contributed by atoms with Crippen molar-refractivity contribution in [2.75, 3.05) is 5.75 Å². The Hall–Kier alpha value is -2.40. The van der Waals surface area contributed by atoms with Gasteiger partial charge in [0.05, 0.1) is 23.4 Å². The predicted octanol–water partition coefficient (Wildman–Crippen LogP) is 3.60. The van der Waals surface area contributed by atoms with Gasteiger partial charge in [-0.3, -0.25) is 0 Å². The van der Waals surface area contributed by atoms with Crippen LogP contribution in [-0.2, 0) is 22.2 Å². The molecule has 2 aromatic carbocycles. The van der Waals surface area contributed by atoms with Crippen LogP contribution < -0.4 is 9.46 Å². The lowest BCUT2D eigenvalue weighted by molar-refractivity contribution is -0.0249. The van der Waals surface area contributed by atoms with Crippen molar-refractivity contribution in [3.05, 3.63) is 65.2 Å². The highest BCUT2D eigenvalue weighted by atomic mass is 32.2. The Kier molecular flexibility index (Phi) is 7.14. The number of nitrogens with one attached hydrogen (secondary N) is 1. The third-order valence-electron chi connectivity index (χ3n) is 5.56. The van der Waals surface area contributed by atoms with Gasteiger partial charge in [0.1, 0.15) is 18.0 Å². The smallest absolute Gasteiger partial charge is 0.211 e. The van der Waals surface area contributed by atoms with Crippen LogP contribution in [-0.4, -0.2) is 25.3 Å². The number of rotatable bonds is 8. The first-order valence-corrected chi connectivity index (χ1v) is 12.0. The molecule has 0 heterocycles. The Morgan fingerprint density at radius 1 is 1.20 bits per heavy atom. The van der Waals surface area contributed by atoms with Crippen molar-refractivity contribution in [2.45, 2.75) is 57.3 Å². The van der Waals surface area contributed by atoms with Gasteiger partial charge < -0.3 is 9.84 Å². The van der Waals surface area contributed by atoms with E-state index in [1.165, 1.54) is 0 Å². The first-order chi connectivity index (χ1) is 14.4. The average Bonchev–Trinajstić information content (AvgIpc) is 2.74. The molecule has 160 valence electrons. The highest BCUT2D eigenvalue weighted by molar-refractivity contribution is 7.89. The minimum Gasteiger partial charge on any atom is -0.489 e. The molecule has 0 radical (unpaired) electrons. The second-order valence-corrected chi connectivity index (χ2v) is 9.61. The van der Waals surface area contributed by atoms with Crippen LogP contribution in [0, 0.1) is 11.3 Å². The molecule has 6 nitrogen and oxygen atoms in total. The third kappa shape index (κ3) is 5.20. The van der Waals surface area contributed by atoms with Gasteiger partial charge in [-0.15, -0.1) is 0 Å². The summed E-state index contributed by atoms with van der Waals surface area (Å²) >= 11 is 0. The summed E-state index contributed by atoms with van der Waals surface area (Å²) in [7, 11) is -3.43. The SMILES string of the molecule is CCCS(=O)(=O)NC1CCCCC1(O)c1ccc(OCc2ccccc2C#N)cc1. The number of hydrogen-bond donors (Lipinski definition) is 2. The summed E-state index contributed by atoms with van der Waals surface area (Å²) in [5.41, 5.74) is 0.815. The molecule has 1 aliphatic rings. The molecule has 2 unspecified atom stereocenters. The molecule has 7 heteroatoms. The molecule has 30 heavy (non-hydrogen) atoms. The lowest BCUT2D eigenvalue weighted by Gasteiger charge is -2.40. The number of hydrogen-bond acceptors (Lipinski definition) is 5. The molecule has 0 aliphatic heterocycles. The normalized spacial score (nSPS) is 21.7. The highest BCUT2D eigenvalue weighted by Crippen LogP contribution is 2.38. The Bertz CT molecular complexity index is 999. The van der Waals surface area contributed by atoms with Crippen LogP contribution in [0.3, 0.4) is 0 Å². The van der Waals surface area contributed by atoms with E-state index in [0.717, 1.165) is 18.4 Å². The second kappa shape index (κ2) is 9.61. The van der Waals surface area contributed by atoms with Crippen LogP contribution in [0.25, 0.3) is 0 Å². The molecule has 0 amide bonds. The van der Waals surface area contributed by atoms with Gasteiger partial charge in [-0.2, -0.15) is 5.26 Å². The zero-order valence-corrected chi connectivity index (χ0v) is 18.0. The summed E-state index contributed by atoms with van der Waals surface area (Å²) in [6.07, 6.45) is 3.35. The van der Waals surface area contributed by atoms with Crippen molar-refractivity contribution in [1.29, 1.82) is 5.26 Å². The summed E-state index contributed by atoms with van der Waals surface area (Å²) in [6.45, 7) is 2.09. The van der Waals surface area contributed by atoms with Gasteiger partial charge in [0.2, 0.25) is 10.0 Å². The number of aliphatic hydroxyl groups is 1. The van der Waals surface area contributed by atoms with Crippen molar-refractivity contribution in [3.8, 4) is 11.8 Å². The van der Waals surface area contributed by atoms with E-state index in [4.69, 9.17) is 4.74 Å². The van der Waals surface area contributed by atoms with Gasteiger partial charge in [-0.25, -0.2) is 13.1 Å². The maximum atomic E-state index is 12.3. The molecule has 2 atom stereocenters. The highest BCUT2D eigenvalue weighted by Gasteiger charge is 2.42. The van der Waals surface area contributed by atoms with Crippen molar-refractivity contribution in [1.82, 2.24) is 4.72 Å². The molecule has 0 bridgehead atoms. The third-order valence-corrected chi connectivity index (χ3v) is 7.15. The fraction of sp³-hybridized carbons (Fsp3) is 0.435. The van der Waals surface area contributed by atoms with E-state index >= 15 is 0 Å². The quantitative estimate of drug-likeness (QED) is 0.669. The van der Waals surface area contributed by atoms with Crippen molar-refractivity contribution >= 4 is 10.0 Å². The number of nitrogens with zero attached hydrogens (tertiary/aromatic N) is 1. The summed E-state index contributed by atoms with van der Waals surface area (Å²) in [5, 5.41) is 20.6. The molecule has 1 fully saturated rings. The molecule has 3 rings (SSSR count). The molecule has 1 aliphatic carbocycles. The van der Waals surface area contributed by atoms with Gasteiger partial charge in [-0.05, 0) is 43.0 Å². The minimum atomic E-state index is -3.43. The maximum Gasteiger partial charge on any atom is 0.211 e. The summed E-state index contributed by atoms with van der Waals surface area (Å²) in [5.74, 6) is 0.672. The molecular formula is C23H28N2O4S. The van der Waals surface area contributed by atoms with Gasteiger partial charge in [0.15, 0.2) is 0 Å². The molecule has 2 aromatic rings. The number of ether oxygens (including phenoxy) is 1. The Labute approximate surface area is 178 Å². The van der Waals surface area contributed by atoms with Crippen LogP contribution in [0.1, 0.15) is 55.7 Å². The Balaban J connectivity index is 1.74. The van der Waals surface area contributed by atoms with Gasteiger partial charge >= 0.3 is 0 Å². The zero-order valence-electron chi connectivity index (χ0n) is 17.2. The van der Waals surface area contributed by atoms with Crippen LogP contribution in [0.2, 0.25) is 0 Å². The van der Waals surface area contributed by atoms with Crippen LogP contribution in [0.5, 0.6) is 5.75 Å². The van der Waals surface area contributed by atoms with E-state index in [0.29, 0.717) is 36.1 Å². The van der Waals surface area contributed by atoms with Crippen LogP contribution >= 0.6 is 0 Å². The predicted molar refractivity (Wildman–Crippen MR) is 115 cm³/mol. The molecule has 1 saturated carbocycles. The number of nitriles is 1. The van der Waals surface area contributed by atoms with Crippen molar-refractivity contribution in [2.24, 2.45) is 0 Å². The molecular weight excluding hydrogens is 400 g/mol. The van der Waals surface area contributed by atoms with E-state index in [2.05, 4.69) is 10.8 Å². The van der Waals surface area contributed by atoms with Crippen LogP contribution in [0.4, 0.5) is 0 Å². The van der Waals surface area contributed by atoms with Gasteiger partial charge in [-0.1, -0.05) is 50.1 Å². The Morgan fingerprint density at radius 2 is 1.93 bits per heavy atom. The standard InChI is InChI=1S/C23H28N2O4S/c1-2-15-30(27,28)25-22-9-5-6-14-23(22,26)20-10-12-21(13-11-20)29-17-19-8-4-3-7-18(19)16-24/h3-4,7-8,10-13,22,25-26H,2,5-6,9,14-15,17H2,1H3. The summed E-state index contributed by atoms with van der Waals surface area (Å²) < 4.78 is 33.1. The van der Waals surface area contributed by atoms with Gasteiger partial charge in [0.25, 0.3) is 0 Å². The first kappa shape index (κ1) is 22.3. The zero-order chi connectivity index (χ0) is 21.6. The maximum absolute atomic E-state index is 12.3. The molecule has 0 aromatic heterocycles. The number of sulfonamides is 1. The largest absolute Gasteiger partial charge is 0.489 e. The lowest BCUT2D eigenvalue weighted by Crippen LogP contribution is -2.52. The van der Waals surface area contributed by atoms with Crippen molar-refractivity contribution < 1.29 is 18.3 Å². The van der Waals surface area contributed by atoms with Gasteiger partial charge in [0, 0.05) is 5.56 Å². The Morgan fingerprint density at radius 3 is 2.63 bits per heavy atom. The summed E-state index contributed by atoms with van der Waals surface area (Å²) in [6, 6.07) is 16.0. The molecule has 2 N–H and O–H groups in total. The minimum absolute atomic E-state index is 0.0521. The topological polar surface area (TPSA) is 99.4 Å². The van der Waals surface area contributed by atoms with Crippen molar-refractivity contribution in [3.63, 3.8) is 0 Å². The first-order valence-electron chi connectivity index (χ1n) is 10.3. The number of benzene rings is 2. The van der Waals surface area contributed by atoms with E-state index in [-0.39, 0.29) is 12.4 Å². The van der Waals surface area contributed by atoms with Crippen LogP contribution in [0.15, 0.2) is 48.5 Å². The monoisotopic (exact) mass is 428 g/mol. The van der Waals surface area contributed by atoms with E-state index in [1.54, 1.807) is 30.3 Å². The molecule has 0 spiro atoms. The fourth-order valence-electron chi connectivity index (χ4n) is 3.96. The average molecular weight is 429 g/mol. The van der Waals surface area contributed by atoms with E-state index < -0.39 is 21.7 Å².